The van der Waals surface area contributed by atoms with Gasteiger partial charge in [0.2, 0.25) is 17.6 Å². The van der Waals surface area contributed by atoms with E-state index in [1.165, 1.54) is 11.9 Å². The summed E-state index contributed by atoms with van der Waals surface area (Å²) >= 11 is 0. The molecule has 2 heterocycles. The average Bonchev–Trinajstić information content (AvgIpc) is 3.62. The first-order chi connectivity index (χ1) is 23.4. The molecule has 1 aromatic carbocycles. The minimum absolute atomic E-state index is 0.000804. The van der Waals surface area contributed by atoms with Gasteiger partial charge in [0.1, 0.15) is 23.9 Å². The Bertz CT molecular complexity index is 1440. The van der Waals surface area contributed by atoms with Crippen molar-refractivity contribution >= 4 is 35.3 Å². The van der Waals surface area contributed by atoms with Crippen LogP contribution < -0.4 is 20.7 Å². The maximum absolute atomic E-state index is 14.5. The van der Waals surface area contributed by atoms with Gasteiger partial charge >= 0.3 is 6.09 Å². The molecule has 50 heavy (non-hydrogen) atoms. The van der Waals surface area contributed by atoms with Crippen LogP contribution in [0.2, 0.25) is 0 Å². The summed E-state index contributed by atoms with van der Waals surface area (Å²) in [7, 11) is 1.35. The zero-order chi connectivity index (χ0) is 37.6. The molecule has 0 saturated carbocycles. The molecule has 0 bridgehead atoms. The van der Waals surface area contributed by atoms with Crippen LogP contribution in [0.3, 0.4) is 0 Å². The highest BCUT2D eigenvalue weighted by Gasteiger charge is 2.55. The molecule has 4 amide bonds. The maximum atomic E-state index is 14.5. The quantitative estimate of drug-likeness (QED) is 0.242. The van der Waals surface area contributed by atoms with Crippen molar-refractivity contribution in [2.24, 2.45) is 16.5 Å². The lowest BCUT2D eigenvalue weighted by atomic mass is 9.85. The maximum Gasteiger partial charge on any atom is 0.408 e. The number of rotatable bonds is 14. The summed E-state index contributed by atoms with van der Waals surface area (Å²) in [4.78, 5) is 74.3. The summed E-state index contributed by atoms with van der Waals surface area (Å²) in [5.74, 6) is -1.58. The molecule has 278 valence electrons. The Morgan fingerprint density at radius 1 is 1.06 bits per heavy atom. The number of aryl methyl sites for hydroxylation is 2. The number of likely N-dealkylation sites (tertiary alicyclic amines) is 1. The van der Waals surface area contributed by atoms with Crippen LogP contribution in [0.25, 0.3) is 0 Å². The molecule has 13 heteroatoms. The van der Waals surface area contributed by atoms with Crippen molar-refractivity contribution in [1.82, 2.24) is 20.9 Å². The number of carbonyl (C=O) groups is 5. The molecule has 0 radical (unpaired) electrons. The van der Waals surface area contributed by atoms with Gasteiger partial charge in [-0.2, -0.15) is 0 Å². The number of nitrogens with zero attached hydrogens (tertiary/aromatic N) is 2. The Morgan fingerprint density at radius 2 is 1.70 bits per heavy atom. The number of ether oxygens (including phenoxy) is 2. The number of Topliss-reactive ketones (excluding diaryl/α,β-unsaturated/α-hetero) is 1. The summed E-state index contributed by atoms with van der Waals surface area (Å²) in [5, 5.41) is 12.3. The van der Waals surface area contributed by atoms with Crippen LogP contribution in [0.1, 0.15) is 104 Å². The zero-order valence-corrected chi connectivity index (χ0v) is 31.7. The van der Waals surface area contributed by atoms with Crippen molar-refractivity contribution in [2.45, 2.75) is 131 Å². The fourth-order valence-corrected chi connectivity index (χ4v) is 6.74. The topological polar surface area (TPSA) is 165 Å². The average molecular weight is 700 g/mol. The number of alkyl carbamates (subject to hydrolysis) is 1. The Labute approximate surface area is 296 Å². The van der Waals surface area contributed by atoms with Crippen molar-refractivity contribution in [1.29, 1.82) is 0 Å². The molecule has 0 unspecified atom stereocenters. The van der Waals surface area contributed by atoms with Crippen LogP contribution in [-0.4, -0.2) is 90.2 Å². The number of oxime groups is 1. The van der Waals surface area contributed by atoms with Gasteiger partial charge in [0.15, 0.2) is 5.60 Å². The summed E-state index contributed by atoms with van der Waals surface area (Å²) in [6, 6.07) is 0.726. The number of amides is 4. The second-order valence-electron chi connectivity index (χ2n) is 15.1. The van der Waals surface area contributed by atoms with Crippen LogP contribution in [0.5, 0.6) is 5.75 Å². The Morgan fingerprint density at radius 3 is 2.24 bits per heavy atom. The van der Waals surface area contributed by atoms with Gasteiger partial charge in [0, 0.05) is 25.5 Å². The van der Waals surface area contributed by atoms with E-state index in [9.17, 15) is 24.0 Å². The molecule has 2 aliphatic rings. The van der Waals surface area contributed by atoms with E-state index >= 15 is 0 Å². The van der Waals surface area contributed by atoms with E-state index in [0.717, 1.165) is 22.4 Å². The summed E-state index contributed by atoms with van der Waals surface area (Å²) < 4.78 is 11.4. The van der Waals surface area contributed by atoms with E-state index in [4.69, 9.17) is 14.3 Å². The SMILES string of the molecule is CCC[C@H](NC(=O)[C@@H]1C[C@]2(CC(c3cc(C)c(OCC)c(C)c3)=NO2)CN1C(=O)[C@@H](NC(=O)O[C@@H](C)CC(C)C)C(C)(C)C)C(=O)C(=O)NC. The third-order valence-corrected chi connectivity index (χ3v) is 9.06. The van der Waals surface area contributed by atoms with Crippen molar-refractivity contribution in [3.05, 3.63) is 28.8 Å². The van der Waals surface area contributed by atoms with Crippen molar-refractivity contribution in [3.63, 3.8) is 0 Å². The van der Waals surface area contributed by atoms with Crippen LogP contribution in [0.15, 0.2) is 17.3 Å². The first kappa shape index (κ1) is 40.3. The van der Waals surface area contributed by atoms with Crippen molar-refractivity contribution < 1.29 is 38.3 Å². The predicted octanol–water partition coefficient (Wildman–Crippen LogP) is 4.34. The number of nitrogens with one attached hydrogen (secondary N) is 3. The number of ketones is 1. The van der Waals surface area contributed by atoms with Crippen molar-refractivity contribution in [2.75, 3.05) is 20.2 Å². The molecule has 13 nitrogen and oxygen atoms in total. The standard InChI is InChI=1S/C37H57N5O8/c1-12-14-26(29(43)33(45)38-11)39-32(44)28-19-37(18-27(41-50-37)25-16-22(5)30(48-13-2)23(6)17-25)20-42(28)34(46)31(36(8,9)10)40-35(47)49-24(7)15-21(3)4/h16-17,21,24,26,28,31H,12-15,18-20H2,1-11H3,(H,38,45)(H,39,44)(H,40,47)/t24-,26-,28-,31+,37+/m0/s1. The van der Waals surface area contributed by atoms with Gasteiger partial charge in [-0.05, 0) is 75.1 Å². The highest BCUT2D eigenvalue weighted by molar-refractivity contribution is 6.38. The van der Waals surface area contributed by atoms with Gasteiger partial charge in [-0.3, -0.25) is 19.2 Å². The molecule has 1 fully saturated rings. The normalized spacial score (nSPS) is 20.4. The minimum Gasteiger partial charge on any atom is -0.493 e. The Balaban J connectivity index is 1.97. The molecule has 1 spiro atoms. The molecule has 3 rings (SSSR count). The molecule has 5 atom stereocenters. The lowest BCUT2D eigenvalue weighted by molar-refractivity contribution is -0.144. The second kappa shape index (κ2) is 16.7. The van der Waals surface area contributed by atoms with Crippen LogP contribution in [0.4, 0.5) is 4.79 Å². The first-order valence-corrected chi connectivity index (χ1v) is 17.7. The second-order valence-corrected chi connectivity index (χ2v) is 15.1. The Kier molecular flexibility index (Phi) is 13.4. The van der Waals surface area contributed by atoms with Gasteiger partial charge < -0.3 is 35.2 Å². The van der Waals surface area contributed by atoms with Crippen molar-refractivity contribution in [3.8, 4) is 5.75 Å². The van der Waals surface area contributed by atoms with Crippen LogP contribution in [-0.2, 0) is 28.8 Å². The number of benzene rings is 1. The fraction of sp³-hybridized carbons (Fsp3) is 0.676. The van der Waals surface area contributed by atoms with E-state index in [2.05, 4.69) is 21.1 Å². The molecule has 1 aromatic rings. The highest BCUT2D eigenvalue weighted by Crippen LogP contribution is 2.41. The highest BCUT2D eigenvalue weighted by atomic mass is 16.7. The molecule has 1 saturated heterocycles. The molecular formula is C37H57N5O8. The number of likely N-dealkylation sites (N-methyl/N-ethyl adjacent to an activating group) is 1. The van der Waals surface area contributed by atoms with E-state index in [1.807, 2.05) is 74.4 Å². The monoisotopic (exact) mass is 699 g/mol. The van der Waals surface area contributed by atoms with E-state index in [1.54, 1.807) is 6.92 Å². The number of hydrogen-bond acceptors (Lipinski definition) is 9. The third kappa shape index (κ3) is 9.75. The summed E-state index contributed by atoms with van der Waals surface area (Å²) in [5.41, 5.74) is 1.58. The minimum atomic E-state index is -1.08. The van der Waals surface area contributed by atoms with Crippen LogP contribution >= 0.6 is 0 Å². The molecule has 3 N–H and O–H groups in total. The van der Waals surface area contributed by atoms with Gasteiger partial charge in [-0.1, -0.05) is 53.1 Å². The van der Waals surface area contributed by atoms with Gasteiger partial charge in [0.05, 0.1) is 24.9 Å². The first-order valence-electron chi connectivity index (χ1n) is 17.7. The lowest BCUT2D eigenvalue weighted by Gasteiger charge is -2.35. The molecule has 0 aliphatic carbocycles. The van der Waals surface area contributed by atoms with Crippen LogP contribution in [0, 0.1) is 25.2 Å². The van der Waals surface area contributed by atoms with E-state index < -0.39 is 58.7 Å². The predicted molar refractivity (Wildman–Crippen MR) is 190 cm³/mol. The Hall–Kier alpha value is -4.16. The smallest absolute Gasteiger partial charge is 0.408 e. The van der Waals surface area contributed by atoms with Gasteiger partial charge in [-0.15, -0.1) is 0 Å². The van der Waals surface area contributed by atoms with E-state index in [0.29, 0.717) is 37.5 Å². The fourth-order valence-electron chi connectivity index (χ4n) is 6.74. The molecule has 0 aromatic heterocycles. The number of carbonyl (C=O) groups excluding carboxylic acids is 5. The van der Waals surface area contributed by atoms with E-state index in [-0.39, 0.29) is 25.5 Å². The summed E-state index contributed by atoms with van der Waals surface area (Å²) in [6.07, 6.45) is 0.696. The summed E-state index contributed by atoms with van der Waals surface area (Å²) in [6.45, 7) is 19.5. The number of hydrogen-bond donors (Lipinski definition) is 3. The lowest BCUT2D eigenvalue weighted by Crippen LogP contribution is -2.59. The zero-order valence-electron chi connectivity index (χ0n) is 31.7. The van der Waals surface area contributed by atoms with Gasteiger partial charge in [0.25, 0.3) is 5.91 Å². The molecule has 2 aliphatic heterocycles. The molecular weight excluding hydrogens is 642 g/mol. The largest absolute Gasteiger partial charge is 0.493 e. The third-order valence-electron chi connectivity index (χ3n) is 9.06. The van der Waals surface area contributed by atoms with Gasteiger partial charge in [-0.25, -0.2) is 4.79 Å².